The molecular weight excluding hydrogens is 565 g/mol. The molecule has 45 heavy (non-hydrogen) atoms. The van der Waals surface area contributed by atoms with E-state index in [4.69, 9.17) is 13.7 Å². The van der Waals surface area contributed by atoms with Gasteiger partial charge >= 0.3 is 0 Å². The molecule has 0 N–H and O–H groups in total. The van der Waals surface area contributed by atoms with Crippen molar-refractivity contribution in [1.82, 2.24) is 9.13 Å². The van der Waals surface area contributed by atoms with Gasteiger partial charge in [0.2, 0.25) is 0 Å². The van der Waals surface area contributed by atoms with E-state index in [-0.39, 0.29) is 43.6 Å². The molecule has 0 radical (unpaired) electrons. The Morgan fingerprint density at radius 3 is 1.78 bits per heavy atom. The Morgan fingerprint density at radius 1 is 0.467 bits per heavy atom. The number of rotatable bonds is 3. The van der Waals surface area contributed by atoms with Gasteiger partial charge in [-0.2, -0.15) is 0 Å². The standard InChI is InChI=1S/C42H26N2S/c1-2-12-27(13-3-1)29-24-25-40-41(34-17-7-11-21-39(34)45-40)42(29)44-37-20-10-6-16-32(37)33-23-22-28(26-38(33)44)43-35-18-8-4-14-30(35)31-15-5-9-19-36(31)43/h1-26H/i4D,5D,6D,8D,9D,10D,14D,15D,16D,18D,19D,20D,22D,23D,26D. The number of para-hydroxylation sites is 3. The molecule has 0 amide bonds. The summed E-state index contributed by atoms with van der Waals surface area (Å²) in [5.74, 6) is 0. The van der Waals surface area contributed by atoms with Crippen LogP contribution >= 0.6 is 11.3 Å². The van der Waals surface area contributed by atoms with Crippen molar-refractivity contribution >= 4 is 75.1 Å². The van der Waals surface area contributed by atoms with Crippen LogP contribution in [0.25, 0.3) is 86.3 Å². The van der Waals surface area contributed by atoms with Crippen LogP contribution in [0.1, 0.15) is 20.6 Å². The Labute approximate surface area is 284 Å². The molecule has 3 aromatic heterocycles. The normalized spacial score (nSPS) is 16.7. The largest absolute Gasteiger partial charge is 0.309 e. The van der Waals surface area contributed by atoms with E-state index in [0.717, 1.165) is 24.9 Å². The van der Waals surface area contributed by atoms with Gasteiger partial charge in [0.15, 0.2) is 0 Å². The molecule has 0 saturated heterocycles. The Balaban J connectivity index is 1.54. The number of benzene rings is 7. The van der Waals surface area contributed by atoms with E-state index >= 15 is 0 Å². The van der Waals surface area contributed by atoms with Gasteiger partial charge in [0, 0.05) is 53.0 Å². The lowest BCUT2D eigenvalue weighted by Gasteiger charge is -2.17. The molecule has 2 nitrogen and oxygen atoms in total. The predicted octanol–water partition coefficient (Wildman–Crippen LogP) is 11.9. The van der Waals surface area contributed by atoms with E-state index in [1.807, 2.05) is 66.7 Å². The van der Waals surface area contributed by atoms with E-state index < -0.39 is 96.3 Å². The van der Waals surface area contributed by atoms with E-state index in [1.165, 1.54) is 15.9 Å². The summed E-state index contributed by atoms with van der Waals surface area (Å²) in [7, 11) is 0. The van der Waals surface area contributed by atoms with Gasteiger partial charge in [0.25, 0.3) is 0 Å². The summed E-state index contributed by atoms with van der Waals surface area (Å²) in [6.07, 6.45) is 0. The fourth-order valence-electron chi connectivity index (χ4n) is 6.36. The zero-order chi connectivity index (χ0) is 42.5. The van der Waals surface area contributed by atoms with Crippen molar-refractivity contribution in [3.8, 4) is 22.5 Å². The summed E-state index contributed by atoms with van der Waals surface area (Å²) in [5, 5.41) is 0.701. The van der Waals surface area contributed by atoms with Crippen LogP contribution in [0.5, 0.6) is 0 Å². The van der Waals surface area contributed by atoms with Gasteiger partial charge in [-0.3, -0.25) is 0 Å². The van der Waals surface area contributed by atoms with Crippen LogP contribution in [0.15, 0.2) is 157 Å². The molecule has 10 aromatic rings. The molecule has 0 fully saturated rings. The smallest absolute Gasteiger partial charge is 0.0667 e. The van der Waals surface area contributed by atoms with Crippen molar-refractivity contribution in [2.75, 3.05) is 0 Å². The number of nitrogens with zero attached hydrogens (tertiary/aromatic N) is 2. The highest BCUT2D eigenvalue weighted by atomic mass is 32.1. The topological polar surface area (TPSA) is 9.86 Å². The average molecular weight is 606 g/mol. The molecule has 0 aliphatic heterocycles. The minimum Gasteiger partial charge on any atom is -0.309 e. The van der Waals surface area contributed by atoms with E-state index in [0.29, 0.717) is 16.6 Å². The molecule has 0 atom stereocenters. The van der Waals surface area contributed by atoms with Gasteiger partial charge in [-0.25, -0.2) is 0 Å². The highest BCUT2D eigenvalue weighted by Gasteiger charge is 2.22. The van der Waals surface area contributed by atoms with Gasteiger partial charge < -0.3 is 9.13 Å². The molecular formula is C42H26N2S. The van der Waals surface area contributed by atoms with Gasteiger partial charge in [0.1, 0.15) is 0 Å². The third kappa shape index (κ3) is 3.50. The number of hydrogen-bond donors (Lipinski definition) is 0. The lowest BCUT2D eigenvalue weighted by atomic mass is 9.99. The second kappa shape index (κ2) is 9.43. The zero-order valence-electron chi connectivity index (χ0n) is 38.2. The SMILES string of the molecule is [2H]c1c([2H])c([2H])c2c(c1[2H])c1c([2H])c([2H])c([2H])c([2H])c1n2-c1c([2H])c([2H])c2c3c([2H])c([2H])c([2H])c([2H])c3n(-c3c(-c4ccccc4)ccc4sc5ccccc5c34)c2c1[2H]. The average Bonchev–Trinajstić information content (AvgIpc) is 3.93. The molecule has 10 rings (SSSR count). The van der Waals surface area contributed by atoms with Gasteiger partial charge in [-0.05, 0) is 47.9 Å². The third-order valence-corrected chi connectivity index (χ3v) is 9.36. The van der Waals surface area contributed by atoms with E-state index in [9.17, 15) is 6.85 Å². The summed E-state index contributed by atoms with van der Waals surface area (Å²) in [6.45, 7) is 0. The van der Waals surface area contributed by atoms with Crippen molar-refractivity contribution in [3.63, 3.8) is 0 Å². The van der Waals surface area contributed by atoms with Crippen LogP contribution < -0.4 is 0 Å². The maximum Gasteiger partial charge on any atom is 0.0667 e. The van der Waals surface area contributed by atoms with Crippen molar-refractivity contribution in [2.45, 2.75) is 0 Å². The van der Waals surface area contributed by atoms with Crippen molar-refractivity contribution in [3.05, 3.63) is 157 Å². The van der Waals surface area contributed by atoms with Crippen molar-refractivity contribution in [1.29, 1.82) is 0 Å². The quantitative estimate of drug-likeness (QED) is 0.190. The number of thiophene rings is 1. The molecule has 0 saturated carbocycles. The monoisotopic (exact) mass is 605 g/mol. The van der Waals surface area contributed by atoms with Crippen LogP contribution in [0, 0.1) is 0 Å². The first-order valence-electron chi connectivity index (χ1n) is 21.6. The fraction of sp³-hybridized carbons (Fsp3) is 0. The van der Waals surface area contributed by atoms with Crippen LogP contribution in [0.3, 0.4) is 0 Å². The summed E-state index contributed by atoms with van der Waals surface area (Å²) in [5.41, 5.74) is 0.433. The first-order valence-corrected chi connectivity index (χ1v) is 15.0. The first kappa shape index (κ1) is 14.4. The molecule has 0 unspecified atom stereocenters. The zero-order valence-corrected chi connectivity index (χ0v) is 24.0. The van der Waals surface area contributed by atoms with Gasteiger partial charge in [0.05, 0.1) is 48.3 Å². The lowest BCUT2D eigenvalue weighted by Crippen LogP contribution is -2.00. The van der Waals surface area contributed by atoms with Crippen molar-refractivity contribution in [2.24, 2.45) is 0 Å². The van der Waals surface area contributed by atoms with E-state index in [2.05, 4.69) is 0 Å². The highest BCUT2D eigenvalue weighted by Crippen LogP contribution is 2.45. The first-order chi connectivity index (χ1) is 28.6. The second-order valence-corrected chi connectivity index (χ2v) is 11.7. The fourth-order valence-corrected chi connectivity index (χ4v) is 7.47. The maximum atomic E-state index is 10.2. The third-order valence-electron chi connectivity index (χ3n) is 8.23. The Hall–Kier alpha value is -5.64. The Morgan fingerprint density at radius 2 is 1.07 bits per heavy atom. The van der Waals surface area contributed by atoms with Gasteiger partial charge in [-0.1, -0.05) is 115 Å². The summed E-state index contributed by atoms with van der Waals surface area (Å²) < 4.78 is 140. The Kier molecular flexibility index (Phi) is 3.02. The van der Waals surface area contributed by atoms with Gasteiger partial charge in [-0.15, -0.1) is 11.3 Å². The van der Waals surface area contributed by atoms with Crippen LogP contribution in [0.2, 0.25) is 0 Å². The lowest BCUT2D eigenvalue weighted by molar-refractivity contribution is 1.16. The number of hydrogen-bond acceptors (Lipinski definition) is 1. The molecule has 3 heteroatoms. The Bertz CT molecular complexity index is 3530. The molecule has 3 heterocycles. The van der Waals surface area contributed by atoms with Crippen LogP contribution in [-0.2, 0) is 0 Å². The highest BCUT2D eigenvalue weighted by molar-refractivity contribution is 7.25. The molecule has 210 valence electrons. The molecule has 0 bridgehead atoms. The minimum absolute atomic E-state index is 0.0689. The molecule has 7 aromatic carbocycles. The predicted molar refractivity (Wildman–Crippen MR) is 193 cm³/mol. The second-order valence-electron chi connectivity index (χ2n) is 10.6. The number of aromatic nitrogens is 2. The number of fused-ring (bicyclic) bond motifs is 9. The maximum absolute atomic E-state index is 10.2. The summed E-state index contributed by atoms with van der Waals surface area (Å²) >= 11 is 1.50. The van der Waals surface area contributed by atoms with Crippen molar-refractivity contribution < 1.29 is 20.6 Å². The molecule has 0 aliphatic rings. The van der Waals surface area contributed by atoms with Crippen LogP contribution in [0.4, 0.5) is 0 Å². The molecule has 0 spiro atoms. The molecule has 0 aliphatic carbocycles. The minimum atomic E-state index is -0.696. The summed E-state index contributed by atoms with van der Waals surface area (Å²) in [4.78, 5) is 0. The van der Waals surface area contributed by atoms with Crippen LogP contribution in [-0.4, -0.2) is 9.13 Å². The summed E-state index contributed by atoms with van der Waals surface area (Å²) in [6, 6.07) is 11.7. The van der Waals surface area contributed by atoms with E-state index in [1.54, 1.807) is 0 Å².